The summed E-state index contributed by atoms with van der Waals surface area (Å²) >= 11 is 0. The zero-order chi connectivity index (χ0) is 41.1. The summed E-state index contributed by atoms with van der Waals surface area (Å²) in [5, 5.41) is 86.1. The summed E-state index contributed by atoms with van der Waals surface area (Å²) in [5.74, 6) is -0.261. The molecule has 1 amide bonds. The molecule has 12 atom stereocenters. The molecule has 0 aromatic carbocycles. The molecule has 2 heterocycles. The van der Waals surface area contributed by atoms with Crippen LogP contribution < -0.4 is 5.32 Å². The SMILES string of the molecule is CCCCC/C=C/CC/C=C/CC/C=C/C(O)C(COC1OC(CO)C(OC2OC(CO)C(O)C(O)C2O)C(O)C1O)NC(=O)CCCCCCCCCCC. The fourth-order valence-electron chi connectivity index (χ4n) is 6.73. The number of hydrogen-bond donors (Lipinski definition) is 9. The highest BCUT2D eigenvalue weighted by atomic mass is 16.7. The van der Waals surface area contributed by atoms with Gasteiger partial charge in [-0.3, -0.25) is 4.79 Å². The van der Waals surface area contributed by atoms with Gasteiger partial charge in [0.2, 0.25) is 5.91 Å². The first kappa shape index (κ1) is 50.4. The Labute approximate surface area is 334 Å². The normalized spacial score (nSPS) is 29.8. The van der Waals surface area contributed by atoms with E-state index in [2.05, 4.69) is 43.5 Å². The largest absolute Gasteiger partial charge is 0.394 e. The number of carbonyl (C=O) groups is 1. The third kappa shape index (κ3) is 18.9. The van der Waals surface area contributed by atoms with Crippen molar-refractivity contribution in [3.05, 3.63) is 36.5 Å². The summed E-state index contributed by atoms with van der Waals surface area (Å²) in [6.07, 6.45) is 13.5. The number of amides is 1. The molecule has 14 nitrogen and oxygen atoms in total. The number of unbranched alkanes of at least 4 members (excludes halogenated alkanes) is 13. The minimum Gasteiger partial charge on any atom is -0.394 e. The number of allylic oxidation sites excluding steroid dienone is 5. The second-order valence-corrected chi connectivity index (χ2v) is 15.1. The van der Waals surface area contributed by atoms with E-state index in [-0.39, 0.29) is 18.9 Å². The van der Waals surface area contributed by atoms with Crippen LogP contribution in [0.3, 0.4) is 0 Å². The first-order valence-corrected chi connectivity index (χ1v) is 21.2. The van der Waals surface area contributed by atoms with E-state index in [0.29, 0.717) is 12.8 Å². The van der Waals surface area contributed by atoms with Gasteiger partial charge in [0.15, 0.2) is 12.6 Å². The summed E-state index contributed by atoms with van der Waals surface area (Å²) in [7, 11) is 0. The summed E-state index contributed by atoms with van der Waals surface area (Å²) < 4.78 is 22.5. The molecule has 0 radical (unpaired) electrons. The predicted molar refractivity (Wildman–Crippen MR) is 212 cm³/mol. The van der Waals surface area contributed by atoms with Crippen LogP contribution in [0.1, 0.15) is 129 Å². The van der Waals surface area contributed by atoms with E-state index < -0.39 is 86.8 Å². The van der Waals surface area contributed by atoms with Crippen LogP contribution in [0.15, 0.2) is 36.5 Å². The van der Waals surface area contributed by atoms with Gasteiger partial charge in [-0.1, -0.05) is 115 Å². The fraction of sp³-hybridized carbons (Fsp3) is 0.833. The molecule has 0 aliphatic carbocycles. The topological polar surface area (TPSA) is 228 Å². The van der Waals surface area contributed by atoms with Crippen molar-refractivity contribution in [2.75, 3.05) is 19.8 Å². The Morgan fingerprint density at radius 2 is 1.14 bits per heavy atom. The maximum Gasteiger partial charge on any atom is 0.220 e. The van der Waals surface area contributed by atoms with Gasteiger partial charge in [0, 0.05) is 6.42 Å². The van der Waals surface area contributed by atoms with Crippen molar-refractivity contribution in [1.82, 2.24) is 5.32 Å². The molecule has 9 N–H and O–H groups in total. The van der Waals surface area contributed by atoms with E-state index >= 15 is 0 Å². The lowest BCUT2D eigenvalue weighted by atomic mass is 9.97. The van der Waals surface area contributed by atoms with Gasteiger partial charge in [-0.15, -0.1) is 0 Å². The monoisotopic (exact) mass is 802 g/mol. The first-order valence-electron chi connectivity index (χ1n) is 21.2. The predicted octanol–water partition coefficient (Wildman–Crippen LogP) is 3.20. The van der Waals surface area contributed by atoms with E-state index in [9.17, 15) is 45.6 Å². The maximum atomic E-state index is 13.0. The van der Waals surface area contributed by atoms with Crippen LogP contribution in [0.25, 0.3) is 0 Å². The van der Waals surface area contributed by atoms with E-state index in [1.807, 2.05) is 6.08 Å². The Morgan fingerprint density at radius 1 is 0.625 bits per heavy atom. The lowest BCUT2D eigenvalue weighted by Crippen LogP contribution is -2.65. The molecule has 326 valence electrons. The first-order chi connectivity index (χ1) is 27.1. The lowest BCUT2D eigenvalue weighted by Gasteiger charge is -2.46. The van der Waals surface area contributed by atoms with Gasteiger partial charge in [-0.25, -0.2) is 0 Å². The summed E-state index contributed by atoms with van der Waals surface area (Å²) in [6, 6.07) is -0.930. The van der Waals surface area contributed by atoms with Crippen molar-refractivity contribution < 1.29 is 64.6 Å². The molecule has 0 aromatic rings. The van der Waals surface area contributed by atoms with Crippen molar-refractivity contribution in [1.29, 1.82) is 0 Å². The summed E-state index contributed by atoms with van der Waals surface area (Å²) in [4.78, 5) is 13.0. The third-order valence-corrected chi connectivity index (χ3v) is 10.3. The maximum absolute atomic E-state index is 13.0. The molecule has 0 bridgehead atoms. The van der Waals surface area contributed by atoms with Crippen molar-refractivity contribution in [2.24, 2.45) is 0 Å². The molecular weight excluding hydrogens is 726 g/mol. The second-order valence-electron chi connectivity index (χ2n) is 15.1. The van der Waals surface area contributed by atoms with Crippen molar-refractivity contribution in [3.63, 3.8) is 0 Å². The summed E-state index contributed by atoms with van der Waals surface area (Å²) in [5.41, 5.74) is 0. The molecular formula is C42H75NO13. The number of carbonyl (C=O) groups excluding carboxylic acids is 1. The molecule has 56 heavy (non-hydrogen) atoms. The van der Waals surface area contributed by atoms with Gasteiger partial charge in [0.25, 0.3) is 0 Å². The number of aliphatic hydroxyl groups excluding tert-OH is 8. The fourth-order valence-corrected chi connectivity index (χ4v) is 6.73. The van der Waals surface area contributed by atoms with Crippen LogP contribution in [-0.4, -0.2) is 140 Å². The van der Waals surface area contributed by atoms with Gasteiger partial charge >= 0.3 is 0 Å². The molecule has 2 fully saturated rings. The van der Waals surface area contributed by atoms with Crippen LogP contribution in [0, 0.1) is 0 Å². The number of nitrogens with one attached hydrogen (secondary N) is 1. The molecule has 2 rings (SSSR count). The minimum atomic E-state index is -1.79. The highest BCUT2D eigenvalue weighted by Crippen LogP contribution is 2.29. The van der Waals surface area contributed by atoms with E-state index in [1.54, 1.807) is 6.08 Å². The molecule has 12 unspecified atom stereocenters. The molecule has 14 heteroatoms. The van der Waals surface area contributed by atoms with Gasteiger partial charge in [-0.2, -0.15) is 0 Å². The average molecular weight is 802 g/mol. The van der Waals surface area contributed by atoms with E-state index in [0.717, 1.165) is 44.9 Å². The molecule has 2 saturated heterocycles. The highest BCUT2D eigenvalue weighted by molar-refractivity contribution is 5.76. The van der Waals surface area contributed by atoms with Crippen LogP contribution in [0.5, 0.6) is 0 Å². The highest BCUT2D eigenvalue weighted by Gasteiger charge is 2.50. The van der Waals surface area contributed by atoms with Crippen molar-refractivity contribution in [3.8, 4) is 0 Å². The molecule has 0 aromatic heterocycles. The molecule has 2 aliphatic rings. The second kappa shape index (κ2) is 30.3. The number of rotatable bonds is 30. The van der Waals surface area contributed by atoms with Gasteiger partial charge in [0.05, 0.1) is 32.0 Å². The van der Waals surface area contributed by atoms with Crippen molar-refractivity contribution >= 4 is 5.91 Å². The summed E-state index contributed by atoms with van der Waals surface area (Å²) in [6.45, 7) is 2.65. The Balaban J connectivity index is 1.97. The van der Waals surface area contributed by atoms with Gasteiger partial charge in [-0.05, 0) is 44.9 Å². The van der Waals surface area contributed by atoms with Crippen LogP contribution in [0.4, 0.5) is 0 Å². The zero-order valence-electron chi connectivity index (χ0n) is 33.9. The Bertz CT molecular complexity index is 1090. The Kier molecular flexibility index (Phi) is 27.2. The molecule has 0 spiro atoms. The molecule has 0 saturated carbocycles. The number of hydrogen-bond acceptors (Lipinski definition) is 13. The standard InChI is InChI=1S/C42H75NO13/c1-3-5-7-9-11-13-14-15-16-18-19-21-23-25-31(46)30(43-34(47)26-24-22-20-17-12-10-8-6-4-2)29-53-41-39(52)37(50)40(33(28-45)55-41)56-42-38(51)36(49)35(48)32(27-44)54-42/h11,13,16,18,23,25,30-33,35-42,44-46,48-52H,3-10,12,14-15,17,19-22,24,26-29H2,1-2H3,(H,43,47)/b13-11+,18-16+,25-23+. The van der Waals surface area contributed by atoms with Crippen LogP contribution >= 0.6 is 0 Å². The Hall–Kier alpha value is -1.79. The van der Waals surface area contributed by atoms with Crippen LogP contribution in [-0.2, 0) is 23.7 Å². The third-order valence-electron chi connectivity index (χ3n) is 10.3. The quantitative estimate of drug-likeness (QED) is 0.0376. The average Bonchev–Trinajstić information content (AvgIpc) is 3.19. The van der Waals surface area contributed by atoms with Gasteiger partial charge < -0.3 is 65.1 Å². The van der Waals surface area contributed by atoms with Gasteiger partial charge in [0.1, 0.15) is 48.8 Å². The van der Waals surface area contributed by atoms with E-state index in [4.69, 9.17) is 18.9 Å². The minimum absolute atomic E-state index is 0.261. The lowest BCUT2D eigenvalue weighted by molar-refractivity contribution is -0.359. The van der Waals surface area contributed by atoms with E-state index in [1.165, 1.54) is 51.4 Å². The van der Waals surface area contributed by atoms with Crippen molar-refractivity contribution in [2.45, 2.75) is 203 Å². The number of ether oxygens (including phenoxy) is 4. The Morgan fingerprint density at radius 3 is 1.75 bits per heavy atom. The zero-order valence-corrected chi connectivity index (χ0v) is 33.9. The van der Waals surface area contributed by atoms with Crippen LogP contribution in [0.2, 0.25) is 0 Å². The molecule has 2 aliphatic heterocycles. The smallest absolute Gasteiger partial charge is 0.220 e. The number of aliphatic hydroxyl groups is 8.